The lowest BCUT2D eigenvalue weighted by Crippen LogP contribution is -2.58. The van der Waals surface area contributed by atoms with Gasteiger partial charge in [-0.2, -0.15) is 0 Å². The van der Waals surface area contributed by atoms with Gasteiger partial charge in [0.25, 0.3) is 0 Å². The summed E-state index contributed by atoms with van der Waals surface area (Å²) in [4.78, 5) is 26.6. The summed E-state index contributed by atoms with van der Waals surface area (Å²) in [6, 6.07) is 0.157. The zero-order valence-corrected chi connectivity index (χ0v) is 12.2. The van der Waals surface area contributed by atoms with E-state index < -0.39 is 5.54 Å². The number of amides is 2. The van der Waals surface area contributed by atoms with Crippen molar-refractivity contribution < 1.29 is 9.59 Å². The van der Waals surface area contributed by atoms with E-state index in [2.05, 4.69) is 19.2 Å². The van der Waals surface area contributed by atoms with Gasteiger partial charge in [0.2, 0.25) is 11.8 Å². The van der Waals surface area contributed by atoms with Gasteiger partial charge in [-0.1, -0.05) is 20.8 Å². The molecular weight excluding hydrogens is 228 g/mol. The standard InChI is InChI=1S/C14H26N2O2/c1-6-10(4)16-11(5)9-12(17)15-14(7-2,8-3)13(16)18/h10-11H,6-9H2,1-5H3,(H,15,17). The number of rotatable bonds is 4. The van der Waals surface area contributed by atoms with Crippen LogP contribution in [-0.2, 0) is 9.59 Å². The summed E-state index contributed by atoms with van der Waals surface area (Å²) in [5, 5.41) is 2.95. The van der Waals surface area contributed by atoms with Crippen molar-refractivity contribution in [2.75, 3.05) is 0 Å². The number of nitrogens with one attached hydrogen (secondary N) is 1. The van der Waals surface area contributed by atoms with Crippen LogP contribution in [0.3, 0.4) is 0 Å². The average Bonchev–Trinajstić information content (AvgIpc) is 2.44. The first-order valence-corrected chi connectivity index (χ1v) is 7.05. The summed E-state index contributed by atoms with van der Waals surface area (Å²) in [6.45, 7) is 10.0. The molecule has 1 aliphatic heterocycles. The molecule has 4 nitrogen and oxygen atoms in total. The minimum atomic E-state index is -0.703. The minimum absolute atomic E-state index is 0.00893. The van der Waals surface area contributed by atoms with E-state index in [1.165, 1.54) is 0 Å². The van der Waals surface area contributed by atoms with Crippen LogP contribution < -0.4 is 5.32 Å². The highest BCUT2D eigenvalue weighted by atomic mass is 16.2. The molecule has 1 heterocycles. The Labute approximate surface area is 110 Å². The SMILES string of the molecule is CCC(C)N1C(=O)C(CC)(CC)NC(=O)CC1C. The molecule has 104 valence electrons. The minimum Gasteiger partial charge on any atom is -0.342 e. The summed E-state index contributed by atoms with van der Waals surface area (Å²) in [6.07, 6.45) is 2.60. The fraction of sp³-hybridized carbons (Fsp3) is 0.857. The molecule has 0 aliphatic carbocycles. The predicted octanol–water partition coefficient (Wildman–Crippen LogP) is 2.08. The highest BCUT2D eigenvalue weighted by molar-refractivity contribution is 5.94. The molecule has 0 aromatic rings. The Balaban J connectivity index is 3.17. The molecule has 0 radical (unpaired) electrons. The first-order valence-electron chi connectivity index (χ1n) is 7.05. The lowest BCUT2D eigenvalue weighted by Gasteiger charge is -2.38. The quantitative estimate of drug-likeness (QED) is 0.835. The molecule has 18 heavy (non-hydrogen) atoms. The van der Waals surface area contributed by atoms with Crippen LogP contribution in [0.25, 0.3) is 0 Å². The summed E-state index contributed by atoms with van der Waals surface area (Å²) < 4.78 is 0. The van der Waals surface area contributed by atoms with Gasteiger partial charge in [0, 0.05) is 18.5 Å². The van der Waals surface area contributed by atoms with E-state index in [1.807, 2.05) is 25.7 Å². The van der Waals surface area contributed by atoms with Crippen LogP contribution in [0, 0.1) is 0 Å². The molecule has 0 saturated carbocycles. The molecule has 1 fully saturated rings. The second-order valence-corrected chi connectivity index (χ2v) is 5.36. The van der Waals surface area contributed by atoms with Crippen molar-refractivity contribution in [3.05, 3.63) is 0 Å². The van der Waals surface area contributed by atoms with Gasteiger partial charge in [-0.05, 0) is 33.1 Å². The third kappa shape index (κ3) is 2.52. The van der Waals surface area contributed by atoms with Gasteiger partial charge in [0.05, 0.1) is 0 Å². The van der Waals surface area contributed by atoms with Crippen LogP contribution in [0.1, 0.15) is 60.3 Å². The molecule has 0 spiro atoms. The second-order valence-electron chi connectivity index (χ2n) is 5.36. The second kappa shape index (κ2) is 5.72. The van der Waals surface area contributed by atoms with Gasteiger partial charge >= 0.3 is 0 Å². The Morgan fingerprint density at radius 3 is 2.33 bits per heavy atom. The van der Waals surface area contributed by atoms with Crippen LogP contribution >= 0.6 is 0 Å². The Bertz CT molecular complexity index is 324. The Kier molecular flexibility index (Phi) is 4.77. The van der Waals surface area contributed by atoms with Crippen molar-refractivity contribution >= 4 is 11.8 Å². The van der Waals surface area contributed by atoms with E-state index >= 15 is 0 Å². The molecule has 4 heteroatoms. The van der Waals surface area contributed by atoms with Crippen LogP contribution in [-0.4, -0.2) is 34.3 Å². The normalized spacial score (nSPS) is 25.6. The summed E-state index contributed by atoms with van der Waals surface area (Å²) in [7, 11) is 0. The number of carbonyl (C=O) groups excluding carboxylic acids is 2. The van der Waals surface area contributed by atoms with E-state index in [4.69, 9.17) is 0 Å². The first kappa shape index (κ1) is 15.0. The molecule has 0 bridgehead atoms. The van der Waals surface area contributed by atoms with E-state index in [-0.39, 0.29) is 23.9 Å². The molecule has 2 amide bonds. The smallest absolute Gasteiger partial charge is 0.248 e. The van der Waals surface area contributed by atoms with Crippen LogP contribution in [0.4, 0.5) is 0 Å². The number of nitrogens with zero attached hydrogens (tertiary/aromatic N) is 1. The van der Waals surface area contributed by atoms with Crippen molar-refractivity contribution in [2.24, 2.45) is 0 Å². The third-order valence-electron chi connectivity index (χ3n) is 4.25. The maximum Gasteiger partial charge on any atom is 0.248 e. The van der Waals surface area contributed by atoms with E-state index in [0.29, 0.717) is 19.3 Å². The molecule has 2 unspecified atom stereocenters. The molecule has 1 aliphatic rings. The van der Waals surface area contributed by atoms with Gasteiger partial charge in [-0.25, -0.2) is 0 Å². The van der Waals surface area contributed by atoms with Gasteiger partial charge in [-0.3, -0.25) is 9.59 Å². The fourth-order valence-electron chi connectivity index (χ4n) is 2.75. The van der Waals surface area contributed by atoms with Crippen LogP contribution in [0.15, 0.2) is 0 Å². The molecule has 0 aromatic carbocycles. The predicted molar refractivity (Wildman–Crippen MR) is 72.1 cm³/mol. The molecule has 1 rings (SSSR count). The monoisotopic (exact) mass is 254 g/mol. The number of hydrogen-bond acceptors (Lipinski definition) is 2. The fourth-order valence-corrected chi connectivity index (χ4v) is 2.75. The maximum atomic E-state index is 12.8. The van der Waals surface area contributed by atoms with Crippen LogP contribution in [0.2, 0.25) is 0 Å². The molecule has 1 N–H and O–H groups in total. The van der Waals surface area contributed by atoms with Crippen molar-refractivity contribution in [3.8, 4) is 0 Å². The van der Waals surface area contributed by atoms with Gasteiger partial charge in [0.1, 0.15) is 5.54 Å². The van der Waals surface area contributed by atoms with E-state index in [1.54, 1.807) is 0 Å². The zero-order valence-electron chi connectivity index (χ0n) is 12.2. The first-order chi connectivity index (χ1) is 8.41. The molecule has 0 aromatic heterocycles. The summed E-state index contributed by atoms with van der Waals surface area (Å²) in [5.41, 5.74) is -0.703. The summed E-state index contributed by atoms with van der Waals surface area (Å²) >= 11 is 0. The van der Waals surface area contributed by atoms with Gasteiger partial charge < -0.3 is 10.2 Å². The van der Waals surface area contributed by atoms with Gasteiger partial charge in [-0.15, -0.1) is 0 Å². The van der Waals surface area contributed by atoms with Crippen LogP contribution in [0.5, 0.6) is 0 Å². The van der Waals surface area contributed by atoms with Crippen molar-refractivity contribution in [2.45, 2.75) is 77.9 Å². The van der Waals surface area contributed by atoms with E-state index in [9.17, 15) is 9.59 Å². The number of hydrogen-bond donors (Lipinski definition) is 1. The van der Waals surface area contributed by atoms with Gasteiger partial charge in [0.15, 0.2) is 0 Å². The van der Waals surface area contributed by atoms with E-state index in [0.717, 1.165) is 6.42 Å². The maximum absolute atomic E-state index is 12.8. The number of carbonyl (C=O) groups is 2. The highest BCUT2D eigenvalue weighted by Crippen LogP contribution is 2.26. The molecule has 2 atom stereocenters. The molecule has 1 saturated heterocycles. The zero-order chi connectivity index (χ0) is 13.9. The van der Waals surface area contributed by atoms with Crippen molar-refractivity contribution in [1.29, 1.82) is 0 Å². The third-order valence-corrected chi connectivity index (χ3v) is 4.25. The Morgan fingerprint density at radius 2 is 1.89 bits per heavy atom. The topological polar surface area (TPSA) is 49.4 Å². The largest absolute Gasteiger partial charge is 0.342 e. The lowest BCUT2D eigenvalue weighted by atomic mass is 9.90. The summed E-state index contributed by atoms with van der Waals surface area (Å²) in [5.74, 6) is 0.0746. The van der Waals surface area contributed by atoms with Crippen molar-refractivity contribution in [1.82, 2.24) is 10.2 Å². The average molecular weight is 254 g/mol. The molecular formula is C14H26N2O2. The Hall–Kier alpha value is -1.06. The lowest BCUT2D eigenvalue weighted by molar-refractivity contribution is -0.142. The van der Waals surface area contributed by atoms with Crippen molar-refractivity contribution in [3.63, 3.8) is 0 Å². The highest BCUT2D eigenvalue weighted by Gasteiger charge is 2.44. The Morgan fingerprint density at radius 1 is 1.33 bits per heavy atom.